The first kappa shape index (κ1) is 9.79. The van der Waals surface area contributed by atoms with Gasteiger partial charge in [-0.25, -0.2) is 4.39 Å². The van der Waals surface area contributed by atoms with E-state index in [0.717, 1.165) is 12.1 Å². The molecule has 0 heterocycles. The highest BCUT2D eigenvalue weighted by molar-refractivity contribution is 9.10. The molecule has 0 spiro atoms. The second-order valence-corrected chi connectivity index (χ2v) is 2.96. The maximum Gasteiger partial charge on any atom is 0.281 e. The molecule has 4 nitrogen and oxygen atoms in total. The van der Waals surface area contributed by atoms with E-state index in [0.29, 0.717) is 0 Å². The fourth-order valence-electron chi connectivity index (χ4n) is 0.827. The fourth-order valence-corrected chi connectivity index (χ4v) is 1.26. The van der Waals surface area contributed by atoms with E-state index < -0.39 is 16.4 Å². The highest BCUT2D eigenvalue weighted by Crippen LogP contribution is 2.27. The Kier molecular flexibility index (Phi) is 2.72. The van der Waals surface area contributed by atoms with Crippen LogP contribution in [0.2, 0.25) is 0 Å². The van der Waals surface area contributed by atoms with Crippen LogP contribution < -0.4 is 0 Å². The Morgan fingerprint density at radius 2 is 2.15 bits per heavy atom. The molecular formula is C7H3BrFNO3. The predicted octanol–water partition coefficient (Wildman–Crippen LogP) is 2.31. The minimum absolute atomic E-state index is 0.184. The number of hydrogen-bond donors (Lipinski definition) is 0. The summed E-state index contributed by atoms with van der Waals surface area (Å²) in [6.45, 7) is 0. The van der Waals surface area contributed by atoms with Gasteiger partial charge >= 0.3 is 0 Å². The van der Waals surface area contributed by atoms with Crippen molar-refractivity contribution in [3.05, 3.63) is 38.1 Å². The molecule has 0 amide bonds. The van der Waals surface area contributed by atoms with E-state index in [1.165, 1.54) is 0 Å². The molecule has 1 aromatic carbocycles. The van der Waals surface area contributed by atoms with Crippen LogP contribution in [0.4, 0.5) is 10.1 Å². The van der Waals surface area contributed by atoms with E-state index in [2.05, 4.69) is 15.9 Å². The van der Waals surface area contributed by atoms with Gasteiger partial charge in [0.25, 0.3) is 5.69 Å². The molecule has 0 aliphatic rings. The molecular weight excluding hydrogens is 245 g/mol. The van der Waals surface area contributed by atoms with Gasteiger partial charge in [-0.15, -0.1) is 0 Å². The third kappa shape index (κ3) is 1.72. The first-order valence-electron chi connectivity index (χ1n) is 3.15. The lowest BCUT2D eigenvalue weighted by Gasteiger charge is -1.98. The summed E-state index contributed by atoms with van der Waals surface area (Å²) in [4.78, 5) is 20.0. The van der Waals surface area contributed by atoms with E-state index in [4.69, 9.17) is 0 Å². The summed E-state index contributed by atoms with van der Waals surface area (Å²) in [6, 6.07) is 1.87. The second-order valence-electron chi connectivity index (χ2n) is 2.17. The number of nitro benzene ring substituents is 1. The van der Waals surface area contributed by atoms with Gasteiger partial charge in [0.2, 0.25) is 0 Å². The molecule has 0 unspecified atom stereocenters. The SMILES string of the molecule is O=Cc1c([N+](=O)[O-])ccc(F)c1Br. The monoisotopic (exact) mass is 247 g/mol. The highest BCUT2D eigenvalue weighted by atomic mass is 79.9. The van der Waals surface area contributed by atoms with Crippen LogP contribution in [0.3, 0.4) is 0 Å². The predicted molar refractivity (Wildman–Crippen MR) is 46.1 cm³/mol. The zero-order valence-corrected chi connectivity index (χ0v) is 7.75. The number of halogens is 2. The number of benzene rings is 1. The molecule has 0 radical (unpaired) electrons. The van der Waals surface area contributed by atoms with Gasteiger partial charge in [-0.3, -0.25) is 14.9 Å². The van der Waals surface area contributed by atoms with Crippen LogP contribution in [-0.2, 0) is 0 Å². The first-order chi connectivity index (χ1) is 6.07. The van der Waals surface area contributed by atoms with Gasteiger partial charge in [0.15, 0.2) is 6.29 Å². The van der Waals surface area contributed by atoms with Crippen LogP contribution in [0.15, 0.2) is 16.6 Å². The molecule has 0 saturated heterocycles. The van der Waals surface area contributed by atoms with Crippen molar-refractivity contribution < 1.29 is 14.1 Å². The number of nitro groups is 1. The first-order valence-corrected chi connectivity index (χ1v) is 3.94. The van der Waals surface area contributed by atoms with Gasteiger partial charge in [-0.2, -0.15) is 0 Å². The van der Waals surface area contributed by atoms with Gasteiger partial charge in [0.05, 0.1) is 9.40 Å². The van der Waals surface area contributed by atoms with Crippen molar-refractivity contribution in [2.24, 2.45) is 0 Å². The summed E-state index contributed by atoms with van der Waals surface area (Å²) >= 11 is 2.75. The third-order valence-electron chi connectivity index (χ3n) is 1.42. The van der Waals surface area contributed by atoms with Crippen molar-refractivity contribution in [1.29, 1.82) is 0 Å². The Morgan fingerprint density at radius 3 is 2.62 bits per heavy atom. The van der Waals surface area contributed by atoms with Crippen molar-refractivity contribution in [3.8, 4) is 0 Å². The summed E-state index contributed by atoms with van der Waals surface area (Å²) in [5.74, 6) is -0.701. The molecule has 0 aliphatic heterocycles. The lowest BCUT2D eigenvalue weighted by atomic mass is 10.2. The number of nitrogens with zero attached hydrogens (tertiary/aromatic N) is 1. The molecule has 6 heteroatoms. The van der Waals surface area contributed by atoms with E-state index in [1.807, 2.05) is 0 Å². The van der Waals surface area contributed by atoms with Gasteiger partial charge in [-0.05, 0) is 22.0 Å². The van der Waals surface area contributed by atoms with E-state index in [1.54, 1.807) is 0 Å². The van der Waals surface area contributed by atoms with Crippen LogP contribution >= 0.6 is 15.9 Å². The molecule has 0 aromatic heterocycles. The van der Waals surface area contributed by atoms with Crippen LogP contribution in [-0.4, -0.2) is 11.2 Å². The molecule has 68 valence electrons. The van der Waals surface area contributed by atoms with Crippen molar-refractivity contribution in [2.75, 3.05) is 0 Å². The molecule has 0 fully saturated rings. The fraction of sp³-hybridized carbons (Fsp3) is 0. The minimum Gasteiger partial charge on any atom is -0.298 e. The Hall–Kier alpha value is -1.30. The van der Waals surface area contributed by atoms with Gasteiger partial charge < -0.3 is 0 Å². The summed E-state index contributed by atoms with van der Waals surface area (Å²) in [7, 11) is 0. The maximum absolute atomic E-state index is 12.8. The van der Waals surface area contributed by atoms with Crippen LogP contribution in [0.5, 0.6) is 0 Å². The standard InChI is InChI=1S/C7H3BrFNO3/c8-7-4(3-11)6(10(12)13)2-1-5(7)9/h1-3H. The maximum atomic E-state index is 12.8. The summed E-state index contributed by atoms with van der Waals surface area (Å²) < 4.78 is 12.6. The molecule has 0 saturated carbocycles. The van der Waals surface area contributed by atoms with Crippen LogP contribution in [0.1, 0.15) is 10.4 Å². The van der Waals surface area contributed by atoms with Crippen molar-refractivity contribution in [3.63, 3.8) is 0 Å². The van der Waals surface area contributed by atoms with Crippen LogP contribution in [0.25, 0.3) is 0 Å². The molecule has 0 atom stereocenters. The lowest BCUT2D eigenvalue weighted by Crippen LogP contribution is -1.96. The van der Waals surface area contributed by atoms with E-state index in [9.17, 15) is 19.3 Å². The Balaban J connectivity index is 3.47. The van der Waals surface area contributed by atoms with Gasteiger partial charge in [0.1, 0.15) is 11.4 Å². The van der Waals surface area contributed by atoms with Gasteiger partial charge in [0, 0.05) is 6.07 Å². The average molecular weight is 248 g/mol. The number of hydrogen-bond acceptors (Lipinski definition) is 3. The zero-order valence-electron chi connectivity index (χ0n) is 6.16. The third-order valence-corrected chi connectivity index (χ3v) is 2.23. The lowest BCUT2D eigenvalue weighted by molar-refractivity contribution is -0.385. The smallest absolute Gasteiger partial charge is 0.281 e. The Morgan fingerprint density at radius 1 is 1.54 bits per heavy atom. The highest BCUT2D eigenvalue weighted by Gasteiger charge is 2.18. The summed E-state index contributed by atoms with van der Waals surface area (Å²) in [6.07, 6.45) is 0.241. The molecule has 0 aliphatic carbocycles. The average Bonchev–Trinajstić information content (AvgIpc) is 2.09. The molecule has 0 N–H and O–H groups in total. The number of carbonyl (C=O) groups excluding carboxylic acids is 1. The molecule has 1 rings (SSSR count). The summed E-state index contributed by atoms with van der Waals surface area (Å²) in [5.41, 5.74) is -0.701. The van der Waals surface area contributed by atoms with E-state index >= 15 is 0 Å². The van der Waals surface area contributed by atoms with E-state index in [-0.39, 0.29) is 16.3 Å². The molecule has 13 heavy (non-hydrogen) atoms. The van der Waals surface area contributed by atoms with Crippen LogP contribution in [0, 0.1) is 15.9 Å². The quantitative estimate of drug-likeness (QED) is 0.458. The largest absolute Gasteiger partial charge is 0.298 e. The Labute approximate surface area is 80.6 Å². The number of aldehydes is 1. The minimum atomic E-state index is -0.742. The summed E-state index contributed by atoms with van der Waals surface area (Å²) in [5, 5.41) is 10.3. The normalized spacial score (nSPS) is 9.69. The number of carbonyl (C=O) groups is 1. The number of rotatable bonds is 2. The Bertz CT molecular complexity index is 380. The molecule has 1 aromatic rings. The second kappa shape index (κ2) is 3.61. The van der Waals surface area contributed by atoms with Crippen molar-refractivity contribution >= 4 is 27.9 Å². The zero-order chi connectivity index (χ0) is 10.0. The van der Waals surface area contributed by atoms with Gasteiger partial charge in [-0.1, -0.05) is 0 Å². The molecule has 0 bridgehead atoms. The van der Waals surface area contributed by atoms with Crippen molar-refractivity contribution in [1.82, 2.24) is 0 Å². The van der Waals surface area contributed by atoms with Crippen molar-refractivity contribution in [2.45, 2.75) is 0 Å². The topological polar surface area (TPSA) is 60.2 Å².